The minimum atomic E-state index is 0. The van der Waals surface area contributed by atoms with Crippen LogP contribution in [0.2, 0.25) is 0 Å². The fourth-order valence-electron chi connectivity index (χ4n) is 2.97. The molecule has 0 saturated carbocycles. The molecule has 1 unspecified atom stereocenters. The summed E-state index contributed by atoms with van der Waals surface area (Å²) in [6.07, 6.45) is 4.45. The van der Waals surface area contributed by atoms with E-state index in [9.17, 15) is 4.79 Å². The van der Waals surface area contributed by atoms with Crippen LogP contribution >= 0.6 is 12.4 Å². The van der Waals surface area contributed by atoms with E-state index in [-0.39, 0.29) is 24.2 Å². The second kappa shape index (κ2) is 7.31. The minimum Gasteiger partial charge on any atom is -0.354 e. The van der Waals surface area contributed by atoms with E-state index in [1.54, 1.807) is 0 Å². The fourth-order valence-corrected chi connectivity index (χ4v) is 2.97. The van der Waals surface area contributed by atoms with Crippen molar-refractivity contribution in [2.45, 2.75) is 44.7 Å². The van der Waals surface area contributed by atoms with Gasteiger partial charge in [0.15, 0.2) is 0 Å². The Morgan fingerprint density at radius 1 is 1.44 bits per heavy atom. The lowest BCUT2D eigenvalue weighted by Crippen LogP contribution is -2.45. The van der Waals surface area contributed by atoms with E-state index in [1.165, 1.54) is 19.4 Å². The van der Waals surface area contributed by atoms with Gasteiger partial charge in [0.05, 0.1) is 0 Å². The summed E-state index contributed by atoms with van der Waals surface area (Å²) in [5.74, 6) is 0.483. The van der Waals surface area contributed by atoms with Crippen molar-refractivity contribution in [2.75, 3.05) is 26.7 Å². The van der Waals surface area contributed by atoms with Gasteiger partial charge in [0, 0.05) is 24.5 Å². The van der Waals surface area contributed by atoms with Gasteiger partial charge in [0.2, 0.25) is 5.91 Å². The molecule has 2 N–H and O–H groups in total. The molecule has 2 aliphatic rings. The predicted molar refractivity (Wildman–Crippen MR) is 76.1 cm³/mol. The SMILES string of the molecule is C[C@H]1C[C@@H](C(=O)NCC2CCCN2C)CCN1.Cl. The maximum Gasteiger partial charge on any atom is 0.223 e. The van der Waals surface area contributed by atoms with Crippen LogP contribution in [0.15, 0.2) is 0 Å². The lowest BCUT2D eigenvalue weighted by molar-refractivity contribution is -0.126. The first-order valence-electron chi connectivity index (χ1n) is 6.88. The lowest BCUT2D eigenvalue weighted by Gasteiger charge is -2.28. The van der Waals surface area contributed by atoms with Crippen molar-refractivity contribution >= 4 is 18.3 Å². The number of carbonyl (C=O) groups is 1. The zero-order valence-corrected chi connectivity index (χ0v) is 12.3. The Hall–Kier alpha value is -0.320. The predicted octanol–water partition coefficient (Wildman–Crippen LogP) is 1.01. The van der Waals surface area contributed by atoms with Gasteiger partial charge in [-0.2, -0.15) is 0 Å². The Kier molecular flexibility index (Phi) is 6.39. The van der Waals surface area contributed by atoms with Crippen molar-refractivity contribution in [2.24, 2.45) is 5.92 Å². The summed E-state index contributed by atoms with van der Waals surface area (Å²) in [6.45, 7) is 5.13. The molecule has 2 saturated heterocycles. The minimum absolute atomic E-state index is 0. The summed E-state index contributed by atoms with van der Waals surface area (Å²) >= 11 is 0. The quantitative estimate of drug-likeness (QED) is 0.808. The van der Waals surface area contributed by atoms with Gasteiger partial charge >= 0.3 is 0 Å². The van der Waals surface area contributed by atoms with Crippen LogP contribution in [0.25, 0.3) is 0 Å². The molecule has 0 aromatic rings. The smallest absolute Gasteiger partial charge is 0.223 e. The Morgan fingerprint density at radius 3 is 2.83 bits per heavy atom. The molecule has 0 radical (unpaired) electrons. The topological polar surface area (TPSA) is 44.4 Å². The molecule has 106 valence electrons. The third-order valence-corrected chi connectivity index (χ3v) is 4.18. The molecule has 3 atom stereocenters. The van der Waals surface area contributed by atoms with Crippen LogP contribution in [0.1, 0.15) is 32.6 Å². The Labute approximate surface area is 116 Å². The highest BCUT2D eigenvalue weighted by Gasteiger charge is 2.26. The van der Waals surface area contributed by atoms with Crippen LogP contribution in [-0.4, -0.2) is 49.6 Å². The van der Waals surface area contributed by atoms with E-state index < -0.39 is 0 Å². The Morgan fingerprint density at radius 2 is 2.22 bits per heavy atom. The van der Waals surface area contributed by atoms with Gasteiger partial charge in [-0.15, -0.1) is 12.4 Å². The van der Waals surface area contributed by atoms with Crippen molar-refractivity contribution in [3.05, 3.63) is 0 Å². The molecule has 4 nitrogen and oxygen atoms in total. The molecular formula is C13H26ClN3O. The summed E-state index contributed by atoms with van der Waals surface area (Å²) in [5, 5.41) is 6.52. The normalized spacial score (nSPS) is 32.9. The van der Waals surface area contributed by atoms with Crippen molar-refractivity contribution < 1.29 is 4.79 Å². The highest BCUT2D eigenvalue weighted by molar-refractivity contribution is 5.85. The average Bonchev–Trinajstić information content (AvgIpc) is 2.72. The number of likely N-dealkylation sites (tertiary alicyclic amines) is 1. The van der Waals surface area contributed by atoms with Crippen LogP contribution in [0.4, 0.5) is 0 Å². The second-order valence-corrected chi connectivity index (χ2v) is 5.60. The highest BCUT2D eigenvalue weighted by Crippen LogP contribution is 2.17. The van der Waals surface area contributed by atoms with E-state index in [0.29, 0.717) is 12.1 Å². The number of hydrogen-bond donors (Lipinski definition) is 2. The first kappa shape index (κ1) is 15.7. The van der Waals surface area contributed by atoms with Crippen LogP contribution in [0.3, 0.4) is 0 Å². The van der Waals surface area contributed by atoms with Gasteiger partial charge < -0.3 is 15.5 Å². The van der Waals surface area contributed by atoms with E-state index in [2.05, 4.69) is 29.5 Å². The molecule has 2 rings (SSSR count). The van der Waals surface area contributed by atoms with Gasteiger partial charge in [-0.1, -0.05) is 0 Å². The fraction of sp³-hybridized carbons (Fsp3) is 0.923. The first-order chi connectivity index (χ1) is 8.16. The summed E-state index contributed by atoms with van der Waals surface area (Å²) in [4.78, 5) is 14.4. The molecule has 0 aromatic carbocycles. The molecule has 0 spiro atoms. The summed E-state index contributed by atoms with van der Waals surface area (Å²) in [5.41, 5.74) is 0. The first-order valence-corrected chi connectivity index (χ1v) is 6.88. The summed E-state index contributed by atoms with van der Waals surface area (Å²) in [6, 6.07) is 1.03. The largest absolute Gasteiger partial charge is 0.354 e. The van der Waals surface area contributed by atoms with Crippen molar-refractivity contribution in [1.82, 2.24) is 15.5 Å². The van der Waals surface area contributed by atoms with Crippen molar-refractivity contribution in [1.29, 1.82) is 0 Å². The monoisotopic (exact) mass is 275 g/mol. The average molecular weight is 276 g/mol. The van der Waals surface area contributed by atoms with Crippen molar-refractivity contribution in [3.63, 3.8) is 0 Å². The van der Waals surface area contributed by atoms with Crippen LogP contribution in [-0.2, 0) is 4.79 Å². The van der Waals surface area contributed by atoms with E-state index in [1.807, 2.05) is 0 Å². The number of likely N-dealkylation sites (N-methyl/N-ethyl adjacent to an activating group) is 1. The third-order valence-electron chi connectivity index (χ3n) is 4.18. The number of rotatable bonds is 3. The number of carbonyl (C=O) groups excluding carboxylic acids is 1. The summed E-state index contributed by atoms with van der Waals surface area (Å²) in [7, 11) is 2.15. The molecule has 2 fully saturated rings. The van der Waals surface area contributed by atoms with Crippen LogP contribution in [0.5, 0.6) is 0 Å². The molecule has 2 heterocycles. The highest BCUT2D eigenvalue weighted by atomic mass is 35.5. The van der Waals surface area contributed by atoms with Gasteiger partial charge in [-0.3, -0.25) is 4.79 Å². The summed E-state index contributed by atoms with van der Waals surface area (Å²) < 4.78 is 0. The molecule has 18 heavy (non-hydrogen) atoms. The molecule has 0 aromatic heterocycles. The number of nitrogens with one attached hydrogen (secondary N) is 2. The lowest BCUT2D eigenvalue weighted by atomic mass is 9.92. The number of piperidine rings is 1. The number of nitrogens with zero attached hydrogens (tertiary/aromatic N) is 1. The number of hydrogen-bond acceptors (Lipinski definition) is 3. The van der Waals surface area contributed by atoms with E-state index in [0.717, 1.165) is 25.9 Å². The Balaban J connectivity index is 0.00000162. The van der Waals surface area contributed by atoms with Gasteiger partial charge in [-0.25, -0.2) is 0 Å². The molecule has 0 aliphatic carbocycles. The zero-order valence-electron chi connectivity index (χ0n) is 11.4. The third kappa shape index (κ3) is 4.11. The molecule has 2 aliphatic heterocycles. The van der Waals surface area contributed by atoms with Gasteiger partial charge in [0.1, 0.15) is 0 Å². The van der Waals surface area contributed by atoms with Crippen LogP contribution in [0, 0.1) is 5.92 Å². The Bertz CT molecular complexity index is 275. The number of amides is 1. The zero-order chi connectivity index (χ0) is 12.3. The van der Waals surface area contributed by atoms with Crippen LogP contribution < -0.4 is 10.6 Å². The van der Waals surface area contributed by atoms with Gasteiger partial charge in [0.25, 0.3) is 0 Å². The van der Waals surface area contributed by atoms with E-state index in [4.69, 9.17) is 0 Å². The molecule has 0 bridgehead atoms. The standard InChI is InChI=1S/C13H25N3O.ClH/c1-10-8-11(5-6-14-10)13(17)15-9-12-4-3-7-16(12)2;/h10-12,14H,3-9H2,1-2H3,(H,15,17);1H/t10-,11-,12?;/m0./s1. The number of halogens is 1. The second-order valence-electron chi connectivity index (χ2n) is 5.60. The maximum atomic E-state index is 12.0. The molecular weight excluding hydrogens is 250 g/mol. The van der Waals surface area contributed by atoms with Gasteiger partial charge in [-0.05, 0) is 52.7 Å². The van der Waals surface area contributed by atoms with E-state index >= 15 is 0 Å². The molecule has 5 heteroatoms. The molecule has 1 amide bonds. The van der Waals surface area contributed by atoms with Crippen molar-refractivity contribution in [3.8, 4) is 0 Å². The maximum absolute atomic E-state index is 12.0.